The maximum atomic E-state index is 12.0. The maximum Gasteiger partial charge on any atom is 0.220 e. The SMILES string of the molecule is CN(C)c1ccc(C(=O)CNC(=O)CC(C)(C)C)cc1. The molecule has 20 heavy (non-hydrogen) atoms. The van der Waals surface area contributed by atoms with E-state index < -0.39 is 0 Å². The average Bonchev–Trinajstić information content (AvgIpc) is 2.34. The fourth-order valence-corrected chi connectivity index (χ4v) is 1.77. The van der Waals surface area contributed by atoms with Crippen LogP contribution in [0.3, 0.4) is 0 Å². The minimum absolute atomic E-state index is 0.0518. The van der Waals surface area contributed by atoms with Gasteiger partial charge in [0.25, 0.3) is 0 Å². The fourth-order valence-electron chi connectivity index (χ4n) is 1.77. The first-order valence-corrected chi connectivity index (χ1v) is 6.76. The van der Waals surface area contributed by atoms with Crippen molar-refractivity contribution in [2.45, 2.75) is 27.2 Å². The lowest BCUT2D eigenvalue weighted by Gasteiger charge is -2.17. The predicted molar refractivity (Wildman–Crippen MR) is 82.2 cm³/mol. The molecular weight excluding hydrogens is 252 g/mol. The second kappa shape index (κ2) is 6.55. The van der Waals surface area contributed by atoms with Crippen molar-refractivity contribution in [1.29, 1.82) is 0 Å². The topological polar surface area (TPSA) is 49.4 Å². The number of hydrogen-bond acceptors (Lipinski definition) is 3. The summed E-state index contributed by atoms with van der Waals surface area (Å²) in [7, 11) is 3.90. The van der Waals surface area contributed by atoms with Crippen LogP contribution in [0.4, 0.5) is 5.69 Å². The van der Waals surface area contributed by atoms with Crippen LogP contribution in [0.1, 0.15) is 37.6 Å². The number of anilines is 1. The van der Waals surface area contributed by atoms with E-state index in [0.717, 1.165) is 5.69 Å². The zero-order chi connectivity index (χ0) is 15.3. The number of amides is 1. The molecule has 0 aliphatic rings. The van der Waals surface area contributed by atoms with E-state index in [1.807, 2.05) is 51.9 Å². The number of rotatable bonds is 5. The lowest BCUT2D eigenvalue weighted by Crippen LogP contribution is -2.32. The average molecular weight is 276 g/mol. The van der Waals surface area contributed by atoms with Crippen LogP contribution in [-0.4, -0.2) is 32.3 Å². The van der Waals surface area contributed by atoms with Crippen molar-refractivity contribution in [3.63, 3.8) is 0 Å². The Morgan fingerprint density at radius 3 is 2.10 bits per heavy atom. The van der Waals surface area contributed by atoms with Crippen LogP contribution in [0.25, 0.3) is 0 Å². The molecule has 4 nitrogen and oxygen atoms in total. The number of hydrogen-bond donors (Lipinski definition) is 1. The van der Waals surface area contributed by atoms with E-state index in [4.69, 9.17) is 0 Å². The number of benzene rings is 1. The van der Waals surface area contributed by atoms with E-state index in [-0.39, 0.29) is 23.7 Å². The highest BCUT2D eigenvalue weighted by Gasteiger charge is 2.16. The molecule has 0 aromatic heterocycles. The van der Waals surface area contributed by atoms with Gasteiger partial charge in [0.15, 0.2) is 5.78 Å². The lowest BCUT2D eigenvalue weighted by atomic mass is 9.92. The molecular formula is C16H24N2O2. The van der Waals surface area contributed by atoms with Crippen LogP contribution in [0.15, 0.2) is 24.3 Å². The van der Waals surface area contributed by atoms with E-state index in [0.29, 0.717) is 12.0 Å². The molecule has 110 valence electrons. The summed E-state index contributed by atoms with van der Waals surface area (Å²) >= 11 is 0. The monoisotopic (exact) mass is 276 g/mol. The van der Waals surface area contributed by atoms with E-state index in [2.05, 4.69) is 5.32 Å². The van der Waals surface area contributed by atoms with Gasteiger partial charge in [0.2, 0.25) is 5.91 Å². The van der Waals surface area contributed by atoms with Gasteiger partial charge in [0, 0.05) is 31.8 Å². The summed E-state index contributed by atoms with van der Waals surface area (Å²) in [5.41, 5.74) is 1.59. The summed E-state index contributed by atoms with van der Waals surface area (Å²) in [6.45, 7) is 6.04. The Hall–Kier alpha value is -1.84. The van der Waals surface area contributed by atoms with Crippen molar-refractivity contribution in [3.8, 4) is 0 Å². The predicted octanol–water partition coefficient (Wildman–Crippen LogP) is 2.49. The van der Waals surface area contributed by atoms with Crippen molar-refractivity contribution in [2.24, 2.45) is 5.41 Å². The molecule has 0 spiro atoms. The lowest BCUT2D eigenvalue weighted by molar-refractivity contribution is -0.122. The van der Waals surface area contributed by atoms with Crippen molar-refractivity contribution in [1.82, 2.24) is 5.32 Å². The summed E-state index contributed by atoms with van der Waals surface area (Å²) < 4.78 is 0. The van der Waals surface area contributed by atoms with Gasteiger partial charge in [-0.05, 0) is 29.7 Å². The zero-order valence-corrected chi connectivity index (χ0v) is 13.0. The highest BCUT2D eigenvalue weighted by atomic mass is 16.2. The Bertz CT molecular complexity index is 470. The third kappa shape index (κ3) is 5.43. The van der Waals surface area contributed by atoms with Gasteiger partial charge in [-0.15, -0.1) is 0 Å². The van der Waals surface area contributed by atoms with Gasteiger partial charge in [0.1, 0.15) is 0 Å². The molecule has 0 atom stereocenters. The molecule has 1 aromatic carbocycles. The van der Waals surface area contributed by atoms with Gasteiger partial charge in [-0.25, -0.2) is 0 Å². The summed E-state index contributed by atoms with van der Waals surface area (Å²) in [5, 5.41) is 2.68. The smallest absolute Gasteiger partial charge is 0.220 e. The Morgan fingerprint density at radius 1 is 1.10 bits per heavy atom. The first-order chi connectivity index (χ1) is 9.19. The highest BCUT2D eigenvalue weighted by Crippen LogP contribution is 2.17. The van der Waals surface area contributed by atoms with Crippen LogP contribution in [0.5, 0.6) is 0 Å². The number of carbonyl (C=O) groups excluding carboxylic acids is 2. The van der Waals surface area contributed by atoms with Gasteiger partial charge in [-0.2, -0.15) is 0 Å². The molecule has 0 saturated carbocycles. The van der Waals surface area contributed by atoms with Crippen LogP contribution in [0, 0.1) is 5.41 Å². The third-order valence-corrected chi connectivity index (χ3v) is 2.84. The molecule has 0 heterocycles. The summed E-state index contributed by atoms with van der Waals surface area (Å²) in [4.78, 5) is 25.6. The van der Waals surface area contributed by atoms with E-state index >= 15 is 0 Å². The van der Waals surface area contributed by atoms with E-state index in [1.54, 1.807) is 12.1 Å². The van der Waals surface area contributed by atoms with Crippen LogP contribution < -0.4 is 10.2 Å². The Balaban J connectivity index is 2.53. The molecule has 1 amide bonds. The minimum Gasteiger partial charge on any atom is -0.378 e. The summed E-state index contributed by atoms with van der Waals surface area (Å²) in [6.07, 6.45) is 0.417. The number of nitrogens with zero attached hydrogens (tertiary/aromatic N) is 1. The first kappa shape index (κ1) is 16.2. The molecule has 4 heteroatoms. The molecule has 0 radical (unpaired) electrons. The summed E-state index contributed by atoms with van der Waals surface area (Å²) in [5.74, 6) is -0.159. The molecule has 0 fully saturated rings. The standard InChI is InChI=1S/C16H24N2O2/c1-16(2,3)10-15(20)17-11-14(19)12-6-8-13(9-7-12)18(4)5/h6-9H,10-11H2,1-5H3,(H,17,20). The van der Waals surface area contributed by atoms with Crippen LogP contribution >= 0.6 is 0 Å². The number of ketones is 1. The minimum atomic E-state index is -0.0873. The number of nitrogens with one attached hydrogen (secondary N) is 1. The Labute approximate surface area is 121 Å². The normalized spacial score (nSPS) is 11.1. The van der Waals surface area contributed by atoms with E-state index in [1.165, 1.54) is 0 Å². The molecule has 0 unspecified atom stereocenters. The maximum absolute atomic E-state index is 12.0. The Morgan fingerprint density at radius 2 is 1.65 bits per heavy atom. The van der Waals surface area contributed by atoms with Gasteiger partial charge in [-0.3, -0.25) is 9.59 Å². The molecule has 0 aliphatic heterocycles. The van der Waals surface area contributed by atoms with Crippen LogP contribution in [0.2, 0.25) is 0 Å². The quantitative estimate of drug-likeness (QED) is 0.841. The molecule has 1 aromatic rings. The molecule has 1 rings (SSSR count). The van der Waals surface area contributed by atoms with Crippen LogP contribution in [-0.2, 0) is 4.79 Å². The van der Waals surface area contributed by atoms with Crippen molar-refractivity contribution < 1.29 is 9.59 Å². The Kier molecular flexibility index (Phi) is 5.31. The van der Waals surface area contributed by atoms with Crippen molar-refractivity contribution in [2.75, 3.05) is 25.5 Å². The zero-order valence-electron chi connectivity index (χ0n) is 13.0. The molecule has 0 bridgehead atoms. The van der Waals surface area contributed by atoms with E-state index in [9.17, 15) is 9.59 Å². The van der Waals surface area contributed by atoms with Gasteiger partial charge >= 0.3 is 0 Å². The summed E-state index contributed by atoms with van der Waals surface area (Å²) in [6, 6.07) is 7.36. The fraction of sp³-hybridized carbons (Fsp3) is 0.500. The molecule has 0 aliphatic carbocycles. The molecule has 1 N–H and O–H groups in total. The van der Waals surface area contributed by atoms with Gasteiger partial charge < -0.3 is 10.2 Å². The van der Waals surface area contributed by atoms with Gasteiger partial charge in [0.05, 0.1) is 6.54 Å². The van der Waals surface area contributed by atoms with Gasteiger partial charge in [-0.1, -0.05) is 20.8 Å². The van der Waals surface area contributed by atoms with Crippen molar-refractivity contribution in [3.05, 3.63) is 29.8 Å². The van der Waals surface area contributed by atoms with Crippen molar-refractivity contribution >= 4 is 17.4 Å². The second-order valence-electron chi connectivity index (χ2n) is 6.38. The number of Topliss-reactive ketones (excluding diaryl/α,β-unsaturated/α-hetero) is 1. The molecule has 0 saturated heterocycles. The third-order valence-electron chi connectivity index (χ3n) is 2.84. The highest BCUT2D eigenvalue weighted by molar-refractivity contribution is 5.99. The second-order valence-corrected chi connectivity index (χ2v) is 6.38. The first-order valence-electron chi connectivity index (χ1n) is 6.76. The number of carbonyl (C=O) groups is 2. The largest absolute Gasteiger partial charge is 0.378 e.